The van der Waals surface area contributed by atoms with Crippen LogP contribution in [0.25, 0.3) is 0 Å². The molecule has 1 aliphatic heterocycles. The van der Waals surface area contributed by atoms with Crippen LogP contribution in [-0.2, 0) is 14.3 Å². The molecular formula is C20H26ClN3O6. The number of ether oxygens (including phenoxy) is 1. The molecular weight excluding hydrogens is 414 g/mol. The molecule has 1 saturated heterocycles. The van der Waals surface area contributed by atoms with Gasteiger partial charge >= 0.3 is 5.97 Å². The van der Waals surface area contributed by atoms with Gasteiger partial charge in [0.1, 0.15) is 6.04 Å². The second kappa shape index (κ2) is 10.9. The van der Waals surface area contributed by atoms with E-state index in [1.807, 2.05) is 0 Å². The lowest BCUT2D eigenvalue weighted by Crippen LogP contribution is -2.46. The number of likely N-dealkylation sites (tertiary alicyclic amines) is 1. The summed E-state index contributed by atoms with van der Waals surface area (Å²) in [5.41, 5.74) is -0.416. The third kappa shape index (κ3) is 6.41. The van der Waals surface area contributed by atoms with E-state index in [9.17, 15) is 24.5 Å². The monoisotopic (exact) mass is 439 g/mol. The molecule has 1 aromatic carbocycles. The lowest BCUT2D eigenvalue weighted by molar-refractivity contribution is -0.384. The van der Waals surface area contributed by atoms with E-state index >= 15 is 0 Å². The van der Waals surface area contributed by atoms with E-state index < -0.39 is 29.4 Å². The van der Waals surface area contributed by atoms with Gasteiger partial charge in [-0.1, -0.05) is 38.3 Å². The van der Waals surface area contributed by atoms with Gasteiger partial charge in [0.05, 0.1) is 15.5 Å². The molecule has 30 heavy (non-hydrogen) atoms. The van der Waals surface area contributed by atoms with E-state index in [4.69, 9.17) is 16.3 Å². The van der Waals surface area contributed by atoms with Gasteiger partial charge in [0.25, 0.3) is 17.5 Å². The predicted octanol–water partition coefficient (Wildman–Crippen LogP) is 2.95. The van der Waals surface area contributed by atoms with Crippen molar-refractivity contribution in [1.82, 2.24) is 10.2 Å². The number of amides is 2. The first-order chi connectivity index (χ1) is 14.2. The summed E-state index contributed by atoms with van der Waals surface area (Å²) in [6, 6.07) is 2.44. The number of carbonyl (C=O) groups is 3. The number of nitrogens with one attached hydrogen (secondary N) is 1. The minimum absolute atomic E-state index is 0.0188. The van der Waals surface area contributed by atoms with Crippen LogP contribution in [0.3, 0.4) is 0 Å². The molecule has 1 heterocycles. The molecule has 0 bridgehead atoms. The van der Waals surface area contributed by atoms with Crippen molar-refractivity contribution in [2.75, 3.05) is 19.7 Å². The Kier molecular flexibility index (Phi) is 8.58. The van der Waals surface area contributed by atoms with E-state index in [-0.39, 0.29) is 28.1 Å². The summed E-state index contributed by atoms with van der Waals surface area (Å²) in [7, 11) is 0. The highest BCUT2D eigenvalue weighted by Crippen LogP contribution is 2.22. The highest BCUT2D eigenvalue weighted by Gasteiger charge is 2.28. The van der Waals surface area contributed by atoms with Crippen molar-refractivity contribution in [2.45, 2.75) is 45.6 Å². The van der Waals surface area contributed by atoms with Gasteiger partial charge in [0.15, 0.2) is 6.61 Å². The number of esters is 1. The Morgan fingerprint density at radius 3 is 2.40 bits per heavy atom. The van der Waals surface area contributed by atoms with Gasteiger partial charge < -0.3 is 15.0 Å². The first-order valence-corrected chi connectivity index (χ1v) is 10.3. The highest BCUT2D eigenvalue weighted by atomic mass is 35.5. The third-order valence-corrected chi connectivity index (χ3v) is 5.24. The van der Waals surface area contributed by atoms with Crippen LogP contribution in [0, 0.1) is 16.0 Å². The number of rotatable bonds is 7. The molecule has 2 amide bonds. The summed E-state index contributed by atoms with van der Waals surface area (Å²) in [5.74, 6) is -2.09. The fourth-order valence-corrected chi connectivity index (χ4v) is 3.35. The number of nitrogens with zero attached hydrogens (tertiary/aromatic N) is 2. The SMILES string of the molecule is CC(C)[C@@H](NC(=O)c1cc([N+](=O)[O-])ccc1Cl)C(=O)OCC(=O)N1CCCCCC1. The molecule has 10 heteroatoms. The predicted molar refractivity (Wildman–Crippen MR) is 110 cm³/mol. The molecule has 0 radical (unpaired) electrons. The summed E-state index contributed by atoms with van der Waals surface area (Å²) in [5, 5.41) is 13.5. The number of nitro benzene ring substituents is 1. The summed E-state index contributed by atoms with van der Waals surface area (Å²) < 4.78 is 5.16. The van der Waals surface area contributed by atoms with E-state index in [1.165, 1.54) is 12.1 Å². The number of hydrogen-bond donors (Lipinski definition) is 1. The average Bonchev–Trinajstić information content (AvgIpc) is 2.99. The minimum Gasteiger partial charge on any atom is -0.454 e. The Hall–Kier alpha value is -2.68. The normalized spacial score (nSPS) is 15.3. The summed E-state index contributed by atoms with van der Waals surface area (Å²) in [6.07, 6.45) is 4.00. The number of non-ortho nitro benzene ring substituents is 1. The van der Waals surface area contributed by atoms with Crippen LogP contribution in [0.2, 0.25) is 5.02 Å². The van der Waals surface area contributed by atoms with Gasteiger partial charge in [-0.15, -0.1) is 0 Å². The molecule has 0 unspecified atom stereocenters. The molecule has 9 nitrogen and oxygen atoms in total. The van der Waals surface area contributed by atoms with Gasteiger partial charge in [0, 0.05) is 25.2 Å². The Bertz CT molecular complexity index is 806. The van der Waals surface area contributed by atoms with E-state index in [0.29, 0.717) is 13.1 Å². The van der Waals surface area contributed by atoms with Crippen molar-refractivity contribution in [1.29, 1.82) is 0 Å². The van der Waals surface area contributed by atoms with Gasteiger partial charge in [-0.25, -0.2) is 4.79 Å². The van der Waals surface area contributed by atoms with Gasteiger partial charge in [0.2, 0.25) is 0 Å². The molecule has 0 spiro atoms. The van der Waals surface area contributed by atoms with Gasteiger partial charge in [-0.2, -0.15) is 0 Å². The highest BCUT2D eigenvalue weighted by molar-refractivity contribution is 6.34. The number of carbonyl (C=O) groups excluding carboxylic acids is 3. The van der Waals surface area contributed by atoms with E-state index in [1.54, 1.807) is 18.7 Å². The topological polar surface area (TPSA) is 119 Å². The van der Waals surface area contributed by atoms with Gasteiger partial charge in [-0.05, 0) is 24.8 Å². The molecule has 1 aromatic rings. The number of halogens is 1. The molecule has 1 N–H and O–H groups in total. The minimum atomic E-state index is -1.04. The Balaban J connectivity index is 2.02. The number of nitro groups is 1. The maximum Gasteiger partial charge on any atom is 0.329 e. The number of benzene rings is 1. The standard InChI is InChI=1S/C20H26ClN3O6/c1-13(2)18(20(27)30-12-17(25)23-9-5-3-4-6-10-23)22-19(26)15-11-14(24(28)29)7-8-16(15)21/h7-8,11,13,18H,3-6,9-10,12H2,1-2H3,(H,22,26)/t18-/m1/s1. The van der Waals surface area contributed by atoms with E-state index in [0.717, 1.165) is 31.7 Å². The van der Waals surface area contributed by atoms with Crippen LogP contribution in [0.4, 0.5) is 5.69 Å². The summed E-state index contributed by atoms with van der Waals surface area (Å²) in [6.45, 7) is 4.31. The smallest absolute Gasteiger partial charge is 0.329 e. The lowest BCUT2D eigenvalue weighted by Gasteiger charge is -2.23. The fraction of sp³-hybridized carbons (Fsp3) is 0.550. The van der Waals surface area contributed by atoms with Crippen LogP contribution in [0.1, 0.15) is 49.9 Å². The quantitative estimate of drug-likeness (QED) is 0.396. The van der Waals surface area contributed by atoms with Crippen molar-refractivity contribution in [3.63, 3.8) is 0 Å². The maximum absolute atomic E-state index is 12.6. The molecule has 0 aromatic heterocycles. The summed E-state index contributed by atoms with van der Waals surface area (Å²) in [4.78, 5) is 49.4. The largest absolute Gasteiger partial charge is 0.454 e. The molecule has 1 atom stereocenters. The first-order valence-electron chi connectivity index (χ1n) is 9.90. The Labute approximate surface area is 179 Å². The second-order valence-corrected chi connectivity index (χ2v) is 7.93. The molecule has 0 aliphatic carbocycles. The molecule has 0 saturated carbocycles. The van der Waals surface area contributed by atoms with Crippen molar-refractivity contribution in [3.05, 3.63) is 38.9 Å². The molecule has 2 rings (SSSR count). The molecule has 164 valence electrons. The summed E-state index contributed by atoms with van der Waals surface area (Å²) >= 11 is 5.99. The zero-order valence-electron chi connectivity index (χ0n) is 17.1. The third-order valence-electron chi connectivity index (χ3n) is 4.91. The Morgan fingerprint density at radius 2 is 1.83 bits per heavy atom. The second-order valence-electron chi connectivity index (χ2n) is 7.52. The van der Waals surface area contributed by atoms with E-state index in [2.05, 4.69) is 5.32 Å². The van der Waals surface area contributed by atoms with Crippen LogP contribution in [-0.4, -0.2) is 53.3 Å². The van der Waals surface area contributed by atoms with Crippen LogP contribution >= 0.6 is 11.6 Å². The van der Waals surface area contributed by atoms with Crippen molar-refractivity contribution in [2.24, 2.45) is 5.92 Å². The molecule has 1 aliphatic rings. The van der Waals surface area contributed by atoms with Crippen LogP contribution in [0.15, 0.2) is 18.2 Å². The van der Waals surface area contributed by atoms with Crippen molar-refractivity contribution in [3.8, 4) is 0 Å². The Morgan fingerprint density at radius 1 is 1.20 bits per heavy atom. The van der Waals surface area contributed by atoms with Crippen molar-refractivity contribution >= 4 is 35.1 Å². The lowest BCUT2D eigenvalue weighted by atomic mass is 10.0. The van der Waals surface area contributed by atoms with Crippen LogP contribution < -0.4 is 5.32 Å². The average molecular weight is 440 g/mol. The first kappa shape index (κ1) is 23.6. The fourth-order valence-electron chi connectivity index (χ4n) is 3.15. The maximum atomic E-state index is 12.6. The zero-order valence-corrected chi connectivity index (χ0v) is 17.8. The van der Waals surface area contributed by atoms with Crippen molar-refractivity contribution < 1.29 is 24.0 Å². The molecule has 1 fully saturated rings. The zero-order chi connectivity index (χ0) is 22.3. The van der Waals surface area contributed by atoms with Gasteiger partial charge in [-0.3, -0.25) is 19.7 Å². The number of hydrogen-bond acceptors (Lipinski definition) is 6. The van der Waals surface area contributed by atoms with Crippen LogP contribution in [0.5, 0.6) is 0 Å².